The van der Waals surface area contributed by atoms with Crippen LogP contribution in [-0.4, -0.2) is 24.9 Å². The van der Waals surface area contributed by atoms with Crippen LogP contribution in [0.15, 0.2) is 18.5 Å². The van der Waals surface area contributed by atoms with E-state index in [1.54, 1.807) is 0 Å². The number of H-pyrrole nitrogens is 1. The minimum absolute atomic E-state index is 0.0951. The molecule has 3 heterocycles. The van der Waals surface area contributed by atoms with Crippen molar-refractivity contribution in [2.45, 2.75) is 20.3 Å². The maximum atomic E-state index is 5.87. The normalized spacial score (nSPS) is 10.9. The van der Waals surface area contributed by atoms with Gasteiger partial charge in [0.05, 0.1) is 12.0 Å². The zero-order chi connectivity index (χ0) is 14.1. The predicted molar refractivity (Wildman–Crippen MR) is 75.1 cm³/mol. The number of aryl methyl sites for hydroxylation is 2. The fraction of sp³-hybridized carbons (Fsp3) is 0.231. The van der Waals surface area contributed by atoms with E-state index < -0.39 is 0 Å². The quantitative estimate of drug-likeness (QED) is 0.750. The van der Waals surface area contributed by atoms with Crippen molar-refractivity contribution in [3.8, 4) is 11.6 Å². The first-order chi connectivity index (χ1) is 9.67. The van der Waals surface area contributed by atoms with Crippen molar-refractivity contribution in [1.29, 1.82) is 0 Å². The Bertz CT molecular complexity index is 771. The molecule has 0 bridgehead atoms. The second-order valence-electron chi connectivity index (χ2n) is 4.25. The summed E-state index contributed by atoms with van der Waals surface area (Å²) >= 11 is 5.87. The summed E-state index contributed by atoms with van der Waals surface area (Å²) in [6.45, 7) is 3.96. The van der Waals surface area contributed by atoms with Gasteiger partial charge in [-0.1, -0.05) is 6.92 Å². The molecule has 0 saturated heterocycles. The number of rotatable bonds is 3. The second-order valence-corrected chi connectivity index (χ2v) is 4.59. The molecule has 0 spiro atoms. The molecule has 3 rings (SSSR count). The van der Waals surface area contributed by atoms with Gasteiger partial charge in [0, 0.05) is 5.69 Å². The van der Waals surface area contributed by atoms with Gasteiger partial charge in [-0.25, -0.2) is 4.98 Å². The molecule has 102 valence electrons. The Hall–Kier alpha value is -2.21. The van der Waals surface area contributed by atoms with Crippen molar-refractivity contribution in [1.82, 2.24) is 24.9 Å². The van der Waals surface area contributed by atoms with Gasteiger partial charge < -0.3 is 9.72 Å². The van der Waals surface area contributed by atoms with Gasteiger partial charge >= 0.3 is 0 Å². The number of fused-ring (bicyclic) bond motifs is 1. The largest absolute Gasteiger partial charge is 0.435 e. The fourth-order valence-corrected chi connectivity index (χ4v) is 2.06. The number of aromatic amines is 1. The van der Waals surface area contributed by atoms with Gasteiger partial charge in [0.15, 0.2) is 11.4 Å². The summed E-state index contributed by atoms with van der Waals surface area (Å²) in [7, 11) is 0. The van der Waals surface area contributed by atoms with E-state index in [1.807, 2.05) is 26.0 Å². The molecule has 3 aromatic rings. The van der Waals surface area contributed by atoms with Crippen LogP contribution in [0, 0.1) is 6.92 Å². The molecule has 0 aliphatic rings. The van der Waals surface area contributed by atoms with Crippen LogP contribution >= 0.6 is 11.6 Å². The molecular weight excluding hydrogens is 278 g/mol. The standard InChI is InChI=1S/C13H12ClN5O/c1-3-8-9(5-4-7(2)17-8)20-12-10-11(16-6-15-10)18-13(14)19-12/h4-6H,3H2,1-2H3,(H,15,16,18,19). The molecule has 0 atom stereocenters. The molecule has 3 aromatic heterocycles. The highest BCUT2D eigenvalue weighted by atomic mass is 35.5. The zero-order valence-electron chi connectivity index (χ0n) is 11.0. The Morgan fingerprint density at radius 1 is 1.25 bits per heavy atom. The van der Waals surface area contributed by atoms with Crippen LogP contribution in [0.5, 0.6) is 11.6 Å². The maximum absolute atomic E-state index is 5.87. The van der Waals surface area contributed by atoms with Crippen LogP contribution in [0.2, 0.25) is 5.28 Å². The number of hydrogen-bond donors (Lipinski definition) is 1. The number of hydrogen-bond acceptors (Lipinski definition) is 5. The van der Waals surface area contributed by atoms with Crippen LogP contribution in [0.25, 0.3) is 11.2 Å². The monoisotopic (exact) mass is 289 g/mol. The number of ether oxygens (including phenoxy) is 1. The van der Waals surface area contributed by atoms with Crippen molar-refractivity contribution in [3.05, 3.63) is 35.1 Å². The van der Waals surface area contributed by atoms with E-state index >= 15 is 0 Å². The lowest BCUT2D eigenvalue weighted by atomic mass is 10.2. The van der Waals surface area contributed by atoms with Gasteiger partial charge in [-0.05, 0) is 37.1 Å². The van der Waals surface area contributed by atoms with Gasteiger partial charge in [-0.15, -0.1) is 0 Å². The van der Waals surface area contributed by atoms with Crippen molar-refractivity contribution < 1.29 is 4.74 Å². The molecule has 0 aliphatic carbocycles. The van der Waals surface area contributed by atoms with Crippen molar-refractivity contribution in [3.63, 3.8) is 0 Å². The molecule has 0 saturated carbocycles. The van der Waals surface area contributed by atoms with Gasteiger partial charge in [0.2, 0.25) is 11.2 Å². The van der Waals surface area contributed by atoms with E-state index in [0.717, 1.165) is 17.8 Å². The Morgan fingerprint density at radius 2 is 2.10 bits per heavy atom. The Balaban J connectivity index is 2.07. The molecule has 0 fully saturated rings. The van der Waals surface area contributed by atoms with Gasteiger partial charge in [-0.2, -0.15) is 9.97 Å². The molecular formula is C13H12ClN5O. The topological polar surface area (TPSA) is 76.6 Å². The number of nitrogens with one attached hydrogen (secondary N) is 1. The third-order valence-corrected chi connectivity index (χ3v) is 3.01. The lowest BCUT2D eigenvalue weighted by molar-refractivity contribution is 0.458. The Kier molecular flexibility index (Phi) is 3.23. The summed E-state index contributed by atoms with van der Waals surface area (Å²) < 4.78 is 5.84. The number of aromatic nitrogens is 5. The number of imidazole rings is 1. The van der Waals surface area contributed by atoms with E-state index in [9.17, 15) is 0 Å². The van der Waals surface area contributed by atoms with E-state index in [4.69, 9.17) is 16.3 Å². The van der Waals surface area contributed by atoms with Gasteiger partial charge in [0.25, 0.3) is 0 Å². The lowest BCUT2D eigenvalue weighted by Gasteiger charge is -2.09. The summed E-state index contributed by atoms with van der Waals surface area (Å²) in [5, 5.41) is 0.0951. The smallest absolute Gasteiger partial charge is 0.250 e. The number of nitrogens with zero attached hydrogens (tertiary/aromatic N) is 4. The van der Waals surface area contributed by atoms with E-state index in [0.29, 0.717) is 22.8 Å². The summed E-state index contributed by atoms with van der Waals surface area (Å²) in [5.41, 5.74) is 2.89. The lowest BCUT2D eigenvalue weighted by Crippen LogP contribution is -1.98. The molecule has 0 aromatic carbocycles. The van der Waals surface area contributed by atoms with E-state index in [1.165, 1.54) is 6.33 Å². The molecule has 0 aliphatic heterocycles. The second kappa shape index (κ2) is 5.05. The third-order valence-electron chi connectivity index (χ3n) is 2.84. The zero-order valence-corrected chi connectivity index (χ0v) is 11.8. The number of pyridine rings is 1. The van der Waals surface area contributed by atoms with E-state index in [-0.39, 0.29) is 5.28 Å². The van der Waals surface area contributed by atoms with Crippen molar-refractivity contribution in [2.75, 3.05) is 0 Å². The average Bonchev–Trinajstić information content (AvgIpc) is 2.88. The fourth-order valence-electron chi connectivity index (χ4n) is 1.90. The summed E-state index contributed by atoms with van der Waals surface area (Å²) in [6, 6.07) is 3.76. The third kappa shape index (κ3) is 2.30. The van der Waals surface area contributed by atoms with Crippen LogP contribution in [0.3, 0.4) is 0 Å². The minimum Gasteiger partial charge on any atom is -0.435 e. The van der Waals surface area contributed by atoms with E-state index in [2.05, 4.69) is 24.9 Å². The SMILES string of the molecule is CCc1nc(C)ccc1Oc1nc(Cl)nc2nc[nH]c12. The predicted octanol–water partition coefficient (Wildman–Crippen LogP) is 3.06. The molecule has 0 amide bonds. The highest BCUT2D eigenvalue weighted by Crippen LogP contribution is 2.28. The molecule has 1 N–H and O–H groups in total. The highest BCUT2D eigenvalue weighted by Gasteiger charge is 2.13. The highest BCUT2D eigenvalue weighted by molar-refractivity contribution is 6.28. The first kappa shape index (κ1) is 12.8. The van der Waals surface area contributed by atoms with Crippen molar-refractivity contribution in [2.24, 2.45) is 0 Å². The molecule has 0 unspecified atom stereocenters. The van der Waals surface area contributed by atoms with Gasteiger partial charge in [0.1, 0.15) is 5.52 Å². The van der Waals surface area contributed by atoms with Gasteiger partial charge in [-0.3, -0.25) is 4.98 Å². The maximum Gasteiger partial charge on any atom is 0.250 e. The number of halogens is 1. The first-order valence-corrected chi connectivity index (χ1v) is 6.56. The van der Waals surface area contributed by atoms with Crippen LogP contribution in [0.1, 0.15) is 18.3 Å². The molecule has 0 radical (unpaired) electrons. The first-order valence-electron chi connectivity index (χ1n) is 6.18. The van der Waals surface area contributed by atoms with Crippen LogP contribution in [-0.2, 0) is 6.42 Å². The Morgan fingerprint density at radius 3 is 2.90 bits per heavy atom. The Labute approximate surface area is 120 Å². The minimum atomic E-state index is 0.0951. The van der Waals surface area contributed by atoms with Crippen LogP contribution < -0.4 is 4.74 Å². The van der Waals surface area contributed by atoms with Crippen molar-refractivity contribution >= 4 is 22.8 Å². The molecule has 20 heavy (non-hydrogen) atoms. The molecule has 7 heteroatoms. The molecule has 6 nitrogen and oxygen atoms in total. The summed E-state index contributed by atoms with van der Waals surface area (Å²) in [4.78, 5) is 19.6. The summed E-state index contributed by atoms with van der Waals surface area (Å²) in [6.07, 6.45) is 2.29. The van der Waals surface area contributed by atoms with Crippen LogP contribution in [0.4, 0.5) is 0 Å². The average molecular weight is 290 g/mol. The summed E-state index contributed by atoms with van der Waals surface area (Å²) in [5.74, 6) is 1.00.